The predicted octanol–water partition coefficient (Wildman–Crippen LogP) is 10.1. The van der Waals surface area contributed by atoms with Crippen molar-refractivity contribution in [3.05, 3.63) is 120 Å². The summed E-state index contributed by atoms with van der Waals surface area (Å²) in [4.78, 5) is 0. The summed E-state index contributed by atoms with van der Waals surface area (Å²) in [6, 6.07) is 27.5. The molecule has 184 valence electrons. The first-order chi connectivity index (χ1) is 17.3. The fourth-order valence-electron chi connectivity index (χ4n) is 4.57. The summed E-state index contributed by atoms with van der Waals surface area (Å²) in [7, 11) is 0. The van der Waals surface area contributed by atoms with Crippen LogP contribution in [0.25, 0.3) is 11.1 Å². The van der Waals surface area contributed by atoms with Gasteiger partial charge in [-0.25, -0.2) is 0 Å². The lowest BCUT2D eigenvalue weighted by atomic mass is 9.98. The van der Waals surface area contributed by atoms with Crippen molar-refractivity contribution in [2.24, 2.45) is 0 Å². The van der Waals surface area contributed by atoms with Crippen molar-refractivity contribution in [3.63, 3.8) is 0 Å². The van der Waals surface area contributed by atoms with E-state index in [0.29, 0.717) is 0 Å². The van der Waals surface area contributed by atoms with Gasteiger partial charge in [0.2, 0.25) is 0 Å². The van der Waals surface area contributed by atoms with E-state index in [4.69, 9.17) is 0 Å². The normalized spacial score (nSPS) is 11.2. The Bertz CT molecular complexity index is 987. The van der Waals surface area contributed by atoms with E-state index in [1.807, 2.05) is 6.08 Å². The molecule has 0 aliphatic carbocycles. The third kappa shape index (κ3) is 10.1. The minimum atomic E-state index is 1.09. The Hall–Kier alpha value is -2.86. The van der Waals surface area contributed by atoms with Gasteiger partial charge in [0.15, 0.2) is 0 Å². The van der Waals surface area contributed by atoms with Gasteiger partial charge in [0, 0.05) is 0 Å². The maximum absolute atomic E-state index is 3.81. The lowest BCUT2D eigenvalue weighted by molar-refractivity contribution is 0.646. The Morgan fingerprint density at radius 1 is 0.486 bits per heavy atom. The predicted molar refractivity (Wildman–Crippen MR) is 155 cm³/mol. The number of hydrogen-bond donors (Lipinski definition) is 0. The fraction of sp³-hybridized carbons (Fsp3) is 0.371. The third-order valence-corrected chi connectivity index (χ3v) is 6.83. The van der Waals surface area contributed by atoms with E-state index in [0.717, 1.165) is 32.1 Å². The first-order valence-corrected chi connectivity index (χ1v) is 13.8. The molecule has 0 radical (unpaired) electrons. The topological polar surface area (TPSA) is 0 Å². The van der Waals surface area contributed by atoms with Crippen LogP contribution >= 0.6 is 0 Å². The minimum absolute atomic E-state index is 1.09. The Morgan fingerprint density at radius 2 is 0.943 bits per heavy atom. The average Bonchev–Trinajstić information content (AvgIpc) is 2.90. The maximum atomic E-state index is 3.81. The van der Waals surface area contributed by atoms with Gasteiger partial charge in [-0.05, 0) is 97.6 Å². The van der Waals surface area contributed by atoms with Crippen LogP contribution in [0.15, 0.2) is 97.6 Å². The Morgan fingerprint density at radius 3 is 1.46 bits per heavy atom. The first-order valence-electron chi connectivity index (χ1n) is 13.8. The maximum Gasteiger partial charge on any atom is -0.0184 e. The lowest BCUT2D eigenvalue weighted by Gasteiger charge is -2.07. The molecule has 3 aromatic carbocycles. The zero-order chi connectivity index (χ0) is 24.6. The van der Waals surface area contributed by atoms with Crippen LogP contribution in [0, 0.1) is 0 Å². The third-order valence-electron chi connectivity index (χ3n) is 6.83. The molecule has 0 saturated heterocycles. The van der Waals surface area contributed by atoms with Gasteiger partial charge < -0.3 is 0 Å². The highest BCUT2D eigenvalue weighted by Crippen LogP contribution is 2.22. The fourth-order valence-corrected chi connectivity index (χ4v) is 4.57. The second-order valence-corrected chi connectivity index (χ2v) is 9.72. The van der Waals surface area contributed by atoms with Crippen LogP contribution in [0.5, 0.6) is 0 Å². The summed E-state index contributed by atoms with van der Waals surface area (Å²) < 4.78 is 0. The highest BCUT2D eigenvalue weighted by Gasteiger charge is 2.02. The quantitative estimate of drug-likeness (QED) is 0.146. The largest absolute Gasteiger partial charge is 0.103 e. The van der Waals surface area contributed by atoms with E-state index in [1.54, 1.807) is 0 Å². The lowest BCUT2D eigenvalue weighted by Crippen LogP contribution is -1.93. The molecule has 35 heavy (non-hydrogen) atoms. The molecule has 3 aromatic rings. The molecule has 0 spiro atoms. The van der Waals surface area contributed by atoms with E-state index < -0.39 is 0 Å². The van der Waals surface area contributed by atoms with Crippen LogP contribution in [0.2, 0.25) is 0 Å². The molecule has 0 aromatic heterocycles. The smallest absolute Gasteiger partial charge is 0.0184 e. The van der Waals surface area contributed by atoms with Crippen LogP contribution in [0.4, 0.5) is 0 Å². The summed E-state index contributed by atoms with van der Waals surface area (Å²) >= 11 is 0. The average molecular weight is 465 g/mol. The Kier molecular flexibility index (Phi) is 12.2. The van der Waals surface area contributed by atoms with Crippen molar-refractivity contribution in [1.82, 2.24) is 0 Å². The molecule has 3 rings (SSSR count). The van der Waals surface area contributed by atoms with Crippen molar-refractivity contribution in [2.45, 2.75) is 84.0 Å². The van der Waals surface area contributed by atoms with Crippen LogP contribution in [0.1, 0.15) is 80.5 Å². The molecular formula is C35H44. The summed E-state index contributed by atoms with van der Waals surface area (Å²) in [5, 5.41) is 0. The second-order valence-electron chi connectivity index (χ2n) is 9.72. The van der Waals surface area contributed by atoms with Gasteiger partial charge in [-0.3, -0.25) is 0 Å². The Balaban J connectivity index is 1.39. The molecule has 0 aliphatic rings. The zero-order valence-electron chi connectivity index (χ0n) is 21.9. The van der Waals surface area contributed by atoms with Crippen molar-refractivity contribution < 1.29 is 0 Å². The number of allylic oxidation sites excluding steroid dienone is 3. The van der Waals surface area contributed by atoms with Gasteiger partial charge in [-0.15, -0.1) is 6.58 Å². The zero-order valence-corrected chi connectivity index (χ0v) is 21.9. The van der Waals surface area contributed by atoms with E-state index in [9.17, 15) is 0 Å². The van der Waals surface area contributed by atoms with E-state index in [2.05, 4.69) is 98.5 Å². The summed E-state index contributed by atoms with van der Waals surface area (Å²) in [6.45, 7) is 6.01. The molecular weight excluding hydrogens is 420 g/mol. The number of aryl methyl sites for hydroxylation is 4. The van der Waals surface area contributed by atoms with Crippen LogP contribution < -0.4 is 0 Å². The SMILES string of the molecule is C=CCCCc1ccc(CCc2ccc(-c3ccc(CCCCCC/C=C/CC)cc3)cc2)cc1. The van der Waals surface area contributed by atoms with Crippen molar-refractivity contribution in [1.29, 1.82) is 0 Å². The molecule has 0 fully saturated rings. The molecule has 0 bridgehead atoms. The number of hydrogen-bond acceptors (Lipinski definition) is 0. The molecule has 0 amide bonds. The van der Waals surface area contributed by atoms with Crippen molar-refractivity contribution in [2.75, 3.05) is 0 Å². The summed E-state index contributed by atoms with van der Waals surface area (Å²) in [5.41, 5.74) is 8.35. The monoisotopic (exact) mass is 464 g/mol. The van der Waals surface area contributed by atoms with Gasteiger partial charge >= 0.3 is 0 Å². The standard InChI is InChI=1S/C35H44/c1-3-5-7-8-9-10-11-13-15-31-22-26-34(27-23-31)35-28-24-33(25-29-35)21-20-32-18-16-30(17-19-32)14-12-6-4-2/h4-5,7,16-19,22-29H,2-3,6,8-15,20-21H2,1H3/b7-5+. The molecule has 0 heteroatoms. The van der Waals surface area contributed by atoms with Crippen LogP contribution in [-0.4, -0.2) is 0 Å². The highest BCUT2D eigenvalue weighted by molar-refractivity contribution is 5.64. The molecule has 0 atom stereocenters. The van der Waals surface area contributed by atoms with Gasteiger partial charge in [-0.1, -0.05) is 111 Å². The van der Waals surface area contributed by atoms with Gasteiger partial charge in [0.05, 0.1) is 0 Å². The molecule has 0 aliphatic heterocycles. The van der Waals surface area contributed by atoms with Gasteiger partial charge in [-0.2, -0.15) is 0 Å². The molecule has 0 heterocycles. The first kappa shape index (κ1) is 26.7. The Labute approximate surface area is 214 Å². The van der Waals surface area contributed by atoms with Gasteiger partial charge in [0.25, 0.3) is 0 Å². The molecule has 0 nitrogen and oxygen atoms in total. The van der Waals surface area contributed by atoms with Crippen molar-refractivity contribution in [3.8, 4) is 11.1 Å². The molecule has 0 saturated carbocycles. The number of benzene rings is 3. The van der Waals surface area contributed by atoms with Crippen molar-refractivity contribution >= 4 is 0 Å². The summed E-state index contributed by atoms with van der Waals surface area (Å²) in [6.07, 6.45) is 21.1. The highest BCUT2D eigenvalue weighted by atomic mass is 14.1. The van der Waals surface area contributed by atoms with E-state index in [-0.39, 0.29) is 0 Å². The summed E-state index contributed by atoms with van der Waals surface area (Å²) in [5.74, 6) is 0. The van der Waals surface area contributed by atoms with Crippen LogP contribution in [-0.2, 0) is 25.7 Å². The van der Waals surface area contributed by atoms with Gasteiger partial charge in [0.1, 0.15) is 0 Å². The molecule has 0 N–H and O–H groups in total. The minimum Gasteiger partial charge on any atom is -0.103 e. The number of rotatable bonds is 16. The van der Waals surface area contributed by atoms with Crippen LogP contribution in [0.3, 0.4) is 0 Å². The molecule has 0 unspecified atom stereocenters. The second kappa shape index (κ2) is 15.9. The van der Waals surface area contributed by atoms with E-state index in [1.165, 1.54) is 78.3 Å². The number of unbranched alkanes of at least 4 members (excludes halogenated alkanes) is 5. The van der Waals surface area contributed by atoms with E-state index >= 15 is 0 Å².